The fourth-order valence-electron chi connectivity index (χ4n) is 3.80. The van der Waals surface area contributed by atoms with Crippen molar-refractivity contribution in [3.05, 3.63) is 0 Å². The Labute approximate surface area is 94.2 Å². The van der Waals surface area contributed by atoms with E-state index in [1.807, 2.05) is 0 Å². The summed E-state index contributed by atoms with van der Waals surface area (Å²) in [6.45, 7) is 6.02. The van der Waals surface area contributed by atoms with E-state index in [1.165, 1.54) is 32.2 Å². The van der Waals surface area contributed by atoms with Crippen LogP contribution in [0.5, 0.6) is 0 Å². The van der Waals surface area contributed by atoms with Crippen molar-refractivity contribution in [2.45, 2.75) is 45.7 Å². The molecule has 0 aromatic carbocycles. The molecule has 2 rings (SSSR count). The Bertz CT molecular complexity index is 217. The van der Waals surface area contributed by atoms with Crippen LogP contribution in [0.15, 0.2) is 0 Å². The van der Waals surface area contributed by atoms with Crippen LogP contribution < -0.4 is 5.73 Å². The Morgan fingerprint density at radius 2 is 2.00 bits per heavy atom. The molecule has 2 fully saturated rings. The van der Waals surface area contributed by atoms with Gasteiger partial charge in [0.1, 0.15) is 0 Å². The van der Waals surface area contributed by atoms with Crippen molar-refractivity contribution in [1.29, 1.82) is 0 Å². The van der Waals surface area contributed by atoms with Crippen LogP contribution in [0.25, 0.3) is 0 Å². The van der Waals surface area contributed by atoms with E-state index >= 15 is 0 Å². The molecule has 15 heavy (non-hydrogen) atoms. The minimum absolute atomic E-state index is 0.310. The normalized spacial score (nSPS) is 47.6. The van der Waals surface area contributed by atoms with Gasteiger partial charge >= 0.3 is 0 Å². The average molecular weight is 210 g/mol. The molecule has 1 saturated carbocycles. The summed E-state index contributed by atoms with van der Waals surface area (Å²) in [6, 6.07) is 0. The molecule has 5 atom stereocenters. The van der Waals surface area contributed by atoms with E-state index in [2.05, 4.69) is 25.8 Å². The quantitative estimate of drug-likeness (QED) is 0.719. The first-order valence-corrected chi connectivity index (χ1v) is 6.59. The Balaban J connectivity index is 2.10. The maximum atomic E-state index is 6.16. The number of rotatable bonds is 1. The van der Waals surface area contributed by atoms with Crippen LogP contribution >= 0.6 is 0 Å². The molecule has 5 unspecified atom stereocenters. The highest BCUT2D eigenvalue weighted by Crippen LogP contribution is 2.44. The average Bonchev–Trinajstić information content (AvgIpc) is 2.22. The fourth-order valence-corrected chi connectivity index (χ4v) is 3.80. The van der Waals surface area contributed by atoms with Crippen LogP contribution in [0.3, 0.4) is 0 Å². The number of nitrogens with zero attached hydrogens (tertiary/aromatic N) is 1. The zero-order valence-electron chi connectivity index (χ0n) is 10.4. The zero-order valence-corrected chi connectivity index (χ0v) is 10.4. The predicted octanol–water partition coefficient (Wildman–Crippen LogP) is 2.30. The third-order valence-corrected chi connectivity index (χ3v) is 4.98. The zero-order chi connectivity index (χ0) is 11.0. The molecule has 1 heterocycles. The molecule has 0 bridgehead atoms. The molecule has 2 aliphatic rings. The van der Waals surface area contributed by atoms with Crippen molar-refractivity contribution >= 4 is 0 Å². The molecule has 1 saturated heterocycles. The van der Waals surface area contributed by atoms with Crippen LogP contribution in [-0.2, 0) is 0 Å². The summed E-state index contributed by atoms with van der Waals surface area (Å²) in [5.74, 6) is 3.68. The highest BCUT2D eigenvalue weighted by atomic mass is 15.2. The lowest BCUT2D eigenvalue weighted by atomic mass is 9.63. The van der Waals surface area contributed by atoms with Crippen LogP contribution in [0.1, 0.15) is 39.5 Å². The van der Waals surface area contributed by atoms with E-state index in [1.54, 1.807) is 0 Å². The minimum atomic E-state index is 0.310. The van der Waals surface area contributed by atoms with Crippen molar-refractivity contribution in [1.82, 2.24) is 4.90 Å². The van der Waals surface area contributed by atoms with Gasteiger partial charge in [0.15, 0.2) is 0 Å². The molecular formula is C13H26N2. The van der Waals surface area contributed by atoms with E-state index in [0.29, 0.717) is 6.17 Å². The second-order valence-electron chi connectivity index (χ2n) is 5.79. The van der Waals surface area contributed by atoms with Gasteiger partial charge in [-0.25, -0.2) is 0 Å². The number of hydrogen-bond donors (Lipinski definition) is 1. The largest absolute Gasteiger partial charge is 0.316 e. The summed E-state index contributed by atoms with van der Waals surface area (Å²) in [4.78, 5) is 2.36. The van der Waals surface area contributed by atoms with Crippen LogP contribution in [0.2, 0.25) is 0 Å². The number of likely N-dealkylation sites (tertiary alicyclic amines) is 1. The van der Waals surface area contributed by atoms with E-state index in [-0.39, 0.29) is 0 Å². The van der Waals surface area contributed by atoms with Crippen molar-refractivity contribution in [3.8, 4) is 0 Å². The lowest BCUT2D eigenvalue weighted by molar-refractivity contribution is -0.00665. The van der Waals surface area contributed by atoms with Gasteiger partial charge < -0.3 is 5.73 Å². The van der Waals surface area contributed by atoms with Gasteiger partial charge in [-0.05, 0) is 43.6 Å². The molecule has 0 amide bonds. The summed E-state index contributed by atoms with van der Waals surface area (Å²) >= 11 is 0. The molecule has 2 N–H and O–H groups in total. The SMILES string of the molecule is CCC1CCC(C)C2CC(N)N(C)CC12. The number of hydrogen-bond acceptors (Lipinski definition) is 2. The van der Waals surface area contributed by atoms with Gasteiger partial charge in [0.2, 0.25) is 0 Å². The van der Waals surface area contributed by atoms with Crippen LogP contribution in [0.4, 0.5) is 0 Å². The fraction of sp³-hybridized carbons (Fsp3) is 1.00. The van der Waals surface area contributed by atoms with E-state index in [0.717, 1.165) is 23.7 Å². The van der Waals surface area contributed by atoms with Crippen LogP contribution in [-0.4, -0.2) is 24.7 Å². The smallest absolute Gasteiger partial charge is 0.0572 e. The molecule has 0 spiro atoms. The maximum Gasteiger partial charge on any atom is 0.0572 e. The predicted molar refractivity (Wildman–Crippen MR) is 64.4 cm³/mol. The molecule has 2 nitrogen and oxygen atoms in total. The van der Waals surface area contributed by atoms with E-state index in [9.17, 15) is 0 Å². The first-order chi connectivity index (χ1) is 7.13. The van der Waals surface area contributed by atoms with Crippen molar-refractivity contribution in [2.24, 2.45) is 29.4 Å². The third-order valence-electron chi connectivity index (χ3n) is 4.98. The Morgan fingerprint density at radius 3 is 2.67 bits per heavy atom. The molecule has 0 aromatic heterocycles. The number of piperidine rings is 1. The Morgan fingerprint density at radius 1 is 1.27 bits per heavy atom. The van der Waals surface area contributed by atoms with E-state index < -0.39 is 0 Å². The monoisotopic (exact) mass is 210 g/mol. The van der Waals surface area contributed by atoms with Gasteiger partial charge in [-0.2, -0.15) is 0 Å². The summed E-state index contributed by atoms with van der Waals surface area (Å²) in [5, 5.41) is 0. The first-order valence-electron chi connectivity index (χ1n) is 6.59. The second-order valence-corrected chi connectivity index (χ2v) is 5.79. The molecular weight excluding hydrogens is 184 g/mol. The summed E-state index contributed by atoms with van der Waals surface area (Å²) in [5.41, 5.74) is 6.16. The van der Waals surface area contributed by atoms with E-state index in [4.69, 9.17) is 5.73 Å². The van der Waals surface area contributed by atoms with Crippen molar-refractivity contribution in [3.63, 3.8) is 0 Å². The summed E-state index contributed by atoms with van der Waals surface area (Å²) in [7, 11) is 2.19. The second kappa shape index (κ2) is 4.42. The molecule has 1 aliphatic carbocycles. The molecule has 2 heteroatoms. The lowest BCUT2D eigenvalue weighted by Crippen LogP contribution is -2.54. The van der Waals surface area contributed by atoms with Gasteiger partial charge in [0.25, 0.3) is 0 Å². The Hall–Kier alpha value is -0.0800. The van der Waals surface area contributed by atoms with Gasteiger partial charge in [-0.1, -0.05) is 26.7 Å². The first kappa shape index (κ1) is 11.4. The van der Waals surface area contributed by atoms with Crippen molar-refractivity contribution < 1.29 is 0 Å². The summed E-state index contributed by atoms with van der Waals surface area (Å²) < 4.78 is 0. The lowest BCUT2D eigenvalue weighted by Gasteiger charge is -2.49. The minimum Gasteiger partial charge on any atom is -0.316 e. The molecule has 0 aromatic rings. The van der Waals surface area contributed by atoms with Gasteiger partial charge in [-0.15, -0.1) is 0 Å². The van der Waals surface area contributed by atoms with Crippen molar-refractivity contribution in [2.75, 3.05) is 13.6 Å². The highest BCUT2D eigenvalue weighted by Gasteiger charge is 2.41. The number of nitrogens with two attached hydrogens (primary N) is 1. The maximum absolute atomic E-state index is 6.16. The summed E-state index contributed by atoms with van der Waals surface area (Å²) in [6.07, 6.45) is 5.76. The molecule has 88 valence electrons. The Kier molecular flexibility index (Phi) is 3.36. The van der Waals surface area contributed by atoms with Gasteiger partial charge in [0, 0.05) is 6.54 Å². The molecule has 0 radical (unpaired) electrons. The number of fused-ring (bicyclic) bond motifs is 1. The standard InChI is InChI=1S/C13H26N2/c1-4-10-6-5-9(2)11-7-13(14)15(3)8-12(10)11/h9-13H,4-8,14H2,1-3H3. The van der Waals surface area contributed by atoms with Gasteiger partial charge in [0.05, 0.1) is 6.17 Å². The topological polar surface area (TPSA) is 29.3 Å². The third kappa shape index (κ3) is 2.07. The van der Waals surface area contributed by atoms with Crippen LogP contribution in [0, 0.1) is 23.7 Å². The highest BCUT2D eigenvalue weighted by molar-refractivity contribution is 4.92. The molecule has 1 aliphatic heterocycles. The van der Waals surface area contributed by atoms with Gasteiger partial charge in [-0.3, -0.25) is 4.90 Å².